The van der Waals surface area contributed by atoms with Crippen molar-refractivity contribution in [1.82, 2.24) is 15.1 Å². The Kier molecular flexibility index (Phi) is 4.39. The van der Waals surface area contributed by atoms with E-state index in [9.17, 15) is 4.79 Å². The normalized spacial score (nSPS) is 15.2. The van der Waals surface area contributed by atoms with Gasteiger partial charge in [0, 0.05) is 25.2 Å². The molecule has 134 valence electrons. The lowest BCUT2D eigenvalue weighted by Crippen LogP contribution is -2.33. The van der Waals surface area contributed by atoms with Crippen LogP contribution < -0.4 is 10.2 Å². The first-order valence-electron chi connectivity index (χ1n) is 8.58. The van der Waals surface area contributed by atoms with E-state index in [0.717, 1.165) is 37.7 Å². The number of anilines is 2. The Morgan fingerprint density at radius 2 is 2.08 bits per heavy atom. The molecule has 4 heterocycles. The molecule has 1 fully saturated rings. The van der Waals surface area contributed by atoms with Crippen LogP contribution in [0.1, 0.15) is 30.3 Å². The smallest absolute Gasteiger partial charge is 0.279 e. The molecule has 0 radical (unpaired) electrons. The molecule has 1 N–H and O–H groups in total. The first kappa shape index (κ1) is 16.3. The predicted molar refractivity (Wildman–Crippen MR) is 94.8 cm³/mol. The molecule has 1 aliphatic rings. The molecule has 0 atom stereocenters. The van der Waals surface area contributed by atoms with E-state index in [1.165, 1.54) is 18.7 Å². The highest BCUT2D eigenvalue weighted by atomic mass is 16.5. The lowest BCUT2D eigenvalue weighted by molar-refractivity contribution is 0.101. The molecule has 0 bridgehead atoms. The molecular weight excluding hydrogens is 334 g/mol. The van der Waals surface area contributed by atoms with Crippen molar-refractivity contribution in [3.05, 3.63) is 42.5 Å². The van der Waals surface area contributed by atoms with E-state index < -0.39 is 5.91 Å². The van der Waals surface area contributed by atoms with Crippen molar-refractivity contribution in [3.63, 3.8) is 0 Å². The molecule has 0 aliphatic carbocycles. The van der Waals surface area contributed by atoms with E-state index in [0.29, 0.717) is 17.3 Å². The fourth-order valence-electron chi connectivity index (χ4n) is 2.92. The molecule has 0 spiro atoms. The van der Waals surface area contributed by atoms with Crippen LogP contribution in [0.2, 0.25) is 0 Å². The Hall–Kier alpha value is -3.16. The van der Waals surface area contributed by atoms with E-state index in [2.05, 4.69) is 32.3 Å². The van der Waals surface area contributed by atoms with Gasteiger partial charge in [-0.2, -0.15) is 0 Å². The van der Waals surface area contributed by atoms with Crippen LogP contribution in [0, 0.1) is 5.92 Å². The summed E-state index contributed by atoms with van der Waals surface area (Å²) in [6.07, 6.45) is 5.27. The third-order valence-electron chi connectivity index (χ3n) is 4.51. The summed E-state index contributed by atoms with van der Waals surface area (Å²) in [5, 5.41) is 6.52. The van der Waals surface area contributed by atoms with Crippen LogP contribution in [-0.4, -0.2) is 34.1 Å². The SMILES string of the molecule is CC1CCN(c2cc(NC(=O)c3cc(-c4ccco4)on3)ncn2)CC1. The van der Waals surface area contributed by atoms with Gasteiger partial charge in [-0.05, 0) is 30.9 Å². The summed E-state index contributed by atoms with van der Waals surface area (Å²) in [6, 6.07) is 6.78. The van der Waals surface area contributed by atoms with Gasteiger partial charge in [0.15, 0.2) is 11.5 Å². The maximum atomic E-state index is 12.4. The van der Waals surface area contributed by atoms with Gasteiger partial charge in [0.2, 0.25) is 5.76 Å². The van der Waals surface area contributed by atoms with Gasteiger partial charge in [-0.15, -0.1) is 0 Å². The Labute approximate surface area is 150 Å². The fourth-order valence-corrected chi connectivity index (χ4v) is 2.92. The standard InChI is InChI=1S/C18H19N5O3/c1-12-4-6-23(7-5-12)17-10-16(19-11-20-17)21-18(24)13-9-15(26-22-13)14-3-2-8-25-14/h2-3,8-12H,4-7H2,1H3,(H,19,20,21,24). The molecule has 8 nitrogen and oxygen atoms in total. The average Bonchev–Trinajstić information content (AvgIpc) is 3.34. The third-order valence-corrected chi connectivity index (χ3v) is 4.51. The van der Waals surface area contributed by atoms with E-state index in [1.807, 2.05) is 0 Å². The van der Waals surface area contributed by atoms with Gasteiger partial charge in [-0.3, -0.25) is 4.79 Å². The number of carbonyl (C=O) groups excluding carboxylic acids is 1. The largest absolute Gasteiger partial charge is 0.461 e. The van der Waals surface area contributed by atoms with E-state index >= 15 is 0 Å². The molecule has 1 saturated heterocycles. The van der Waals surface area contributed by atoms with Crippen LogP contribution in [0.5, 0.6) is 0 Å². The summed E-state index contributed by atoms with van der Waals surface area (Å²) in [7, 11) is 0. The van der Waals surface area contributed by atoms with Gasteiger partial charge < -0.3 is 19.2 Å². The highest BCUT2D eigenvalue weighted by Crippen LogP contribution is 2.23. The first-order chi connectivity index (χ1) is 12.7. The summed E-state index contributed by atoms with van der Waals surface area (Å²) >= 11 is 0. The zero-order chi connectivity index (χ0) is 17.9. The molecular formula is C18H19N5O3. The van der Waals surface area contributed by atoms with Gasteiger partial charge in [0.1, 0.15) is 18.0 Å². The molecule has 3 aromatic rings. The first-order valence-corrected chi connectivity index (χ1v) is 8.58. The molecule has 0 aromatic carbocycles. The number of amides is 1. The number of carbonyl (C=O) groups is 1. The van der Waals surface area contributed by atoms with Crippen molar-refractivity contribution < 1.29 is 13.7 Å². The van der Waals surface area contributed by atoms with E-state index in [-0.39, 0.29) is 5.69 Å². The molecule has 1 amide bonds. The average molecular weight is 353 g/mol. The summed E-state index contributed by atoms with van der Waals surface area (Å²) in [5.41, 5.74) is 0.156. The fraction of sp³-hybridized carbons (Fsp3) is 0.333. The number of aromatic nitrogens is 3. The zero-order valence-corrected chi connectivity index (χ0v) is 14.4. The summed E-state index contributed by atoms with van der Waals surface area (Å²) in [6.45, 7) is 4.18. The maximum absolute atomic E-state index is 12.4. The van der Waals surface area contributed by atoms with Crippen molar-refractivity contribution in [2.24, 2.45) is 5.92 Å². The molecule has 4 rings (SSSR count). The second-order valence-electron chi connectivity index (χ2n) is 6.44. The Balaban J connectivity index is 1.45. The van der Waals surface area contributed by atoms with Crippen LogP contribution in [-0.2, 0) is 0 Å². The number of nitrogens with one attached hydrogen (secondary N) is 1. The number of piperidine rings is 1. The molecule has 3 aromatic heterocycles. The summed E-state index contributed by atoms with van der Waals surface area (Å²) in [5.74, 6) is 2.50. The van der Waals surface area contributed by atoms with Gasteiger partial charge in [0.05, 0.1) is 6.26 Å². The van der Waals surface area contributed by atoms with Crippen molar-refractivity contribution in [2.75, 3.05) is 23.3 Å². The Morgan fingerprint density at radius 1 is 1.23 bits per heavy atom. The van der Waals surface area contributed by atoms with Gasteiger partial charge in [0.25, 0.3) is 5.91 Å². The molecule has 8 heteroatoms. The minimum Gasteiger partial charge on any atom is -0.461 e. The lowest BCUT2D eigenvalue weighted by atomic mass is 9.99. The van der Waals surface area contributed by atoms with Crippen LogP contribution in [0.25, 0.3) is 11.5 Å². The number of rotatable bonds is 4. The van der Waals surface area contributed by atoms with Gasteiger partial charge >= 0.3 is 0 Å². The van der Waals surface area contributed by atoms with Crippen LogP contribution >= 0.6 is 0 Å². The minimum absolute atomic E-state index is 0.156. The minimum atomic E-state index is -0.400. The predicted octanol–water partition coefficient (Wildman–Crippen LogP) is 3.21. The molecule has 26 heavy (non-hydrogen) atoms. The van der Waals surface area contributed by atoms with Crippen molar-refractivity contribution in [2.45, 2.75) is 19.8 Å². The molecule has 0 unspecified atom stereocenters. The van der Waals surface area contributed by atoms with Crippen molar-refractivity contribution in [3.8, 4) is 11.5 Å². The quantitative estimate of drug-likeness (QED) is 0.769. The number of furan rings is 1. The number of hydrogen-bond acceptors (Lipinski definition) is 7. The van der Waals surface area contributed by atoms with E-state index in [1.54, 1.807) is 18.2 Å². The highest BCUT2D eigenvalue weighted by molar-refractivity contribution is 6.02. The monoisotopic (exact) mass is 353 g/mol. The second kappa shape index (κ2) is 6.99. The third kappa shape index (κ3) is 3.44. The summed E-state index contributed by atoms with van der Waals surface area (Å²) < 4.78 is 10.4. The van der Waals surface area contributed by atoms with Gasteiger partial charge in [-0.1, -0.05) is 12.1 Å². The van der Waals surface area contributed by atoms with Gasteiger partial charge in [-0.25, -0.2) is 9.97 Å². The van der Waals surface area contributed by atoms with Crippen LogP contribution in [0.4, 0.5) is 11.6 Å². The zero-order valence-electron chi connectivity index (χ0n) is 14.4. The topological polar surface area (TPSA) is 97.3 Å². The van der Waals surface area contributed by atoms with E-state index in [4.69, 9.17) is 8.94 Å². The maximum Gasteiger partial charge on any atom is 0.279 e. The molecule has 0 saturated carbocycles. The summed E-state index contributed by atoms with van der Waals surface area (Å²) in [4.78, 5) is 23.0. The highest BCUT2D eigenvalue weighted by Gasteiger charge is 2.19. The van der Waals surface area contributed by atoms with Crippen LogP contribution in [0.15, 0.2) is 45.8 Å². The van der Waals surface area contributed by atoms with Crippen LogP contribution in [0.3, 0.4) is 0 Å². The van der Waals surface area contributed by atoms with Crippen molar-refractivity contribution >= 4 is 17.5 Å². The molecule has 1 aliphatic heterocycles. The number of hydrogen-bond donors (Lipinski definition) is 1. The second-order valence-corrected chi connectivity index (χ2v) is 6.44. The number of nitrogens with zero attached hydrogens (tertiary/aromatic N) is 4. The Bertz CT molecular complexity index is 882. The van der Waals surface area contributed by atoms with Crippen molar-refractivity contribution in [1.29, 1.82) is 0 Å². The Morgan fingerprint density at radius 3 is 2.85 bits per heavy atom. The lowest BCUT2D eigenvalue weighted by Gasteiger charge is -2.31.